The Labute approximate surface area is 126 Å². The third-order valence-electron chi connectivity index (χ3n) is 2.48. The minimum absolute atomic E-state index is 0.408. The van der Waals surface area contributed by atoms with Crippen LogP contribution in [0.2, 0.25) is 0 Å². The summed E-state index contributed by atoms with van der Waals surface area (Å²) in [7, 11) is -9.45. The van der Waals surface area contributed by atoms with E-state index in [0.717, 1.165) is 0 Å². The first kappa shape index (κ1) is 20.2. The van der Waals surface area contributed by atoms with Gasteiger partial charge in [-0.2, -0.15) is 16.8 Å². The van der Waals surface area contributed by atoms with Crippen molar-refractivity contribution in [1.82, 2.24) is 0 Å². The zero-order valence-corrected chi connectivity index (χ0v) is 14.3. The van der Waals surface area contributed by atoms with Gasteiger partial charge in [0.2, 0.25) is 0 Å². The monoisotopic (exact) mass is 342 g/mol. The Bertz CT molecular complexity index is 532. The van der Waals surface area contributed by atoms with Crippen molar-refractivity contribution < 1.29 is 30.0 Å². The molecule has 0 aromatic heterocycles. The van der Waals surface area contributed by atoms with E-state index in [1.807, 2.05) is 13.8 Å². The average Bonchev–Trinajstić information content (AvgIpc) is 2.27. The second kappa shape index (κ2) is 8.60. The van der Waals surface area contributed by atoms with E-state index in [1.54, 1.807) is 0 Å². The fourth-order valence-electron chi connectivity index (χ4n) is 1.65. The van der Waals surface area contributed by atoms with Gasteiger partial charge in [-0.05, 0) is 26.7 Å². The molecule has 0 fully saturated rings. The molecule has 0 radical (unpaired) electrons. The Balaban J connectivity index is 5.29. The van der Waals surface area contributed by atoms with Gasteiger partial charge in [0, 0.05) is 0 Å². The average molecular weight is 342 g/mol. The molecule has 0 aliphatic rings. The zero-order valence-electron chi connectivity index (χ0n) is 12.6. The van der Waals surface area contributed by atoms with Gasteiger partial charge in [0.15, 0.2) is 0 Å². The minimum atomic E-state index is -4.73. The smallest absolute Gasteiger partial charge is 0.359 e. The Kier molecular flexibility index (Phi) is 8.27. The molecule has 2 atom stereocenters. The van der Waals surface area contributed by atoms with Crippen molar-refractivity contribution in [2.24, 2.45) is 0 Å². The summed E-state index contributed by atoms with van der Waals surface area (Å²) >= 11 is 0. The maximum atomic E-state index is 11.9. The van der Waals surface area contributed by atoms with Crippen LogP contribution in [0, 0.1) is 0 Å². The number of hydrogen-bond acceptors (Lipinski definition) is 6. The Morgan fingerprint density at radius 3 is 1.52 bits per heavy atom. The second-order valence-corrected chi connectivity index (χ2v) is 7.90. The molecule has 0 saturated carbocycles. The molecule has 0 saturated heterocycles. The highest BCUT2D eigenvalue weighted by molar-refractivity contribution is 8.27. The summed E-state index contributed by atoms with van der Waals surface area (Å²) in [5, 5.41) is 0. The second-order valence-electron chi connectivity index (χ2n) is 4.67. The summed E-state index contributed by atoms with van der Waals surface area (Å²) in [6, 6.07) is 0. The van der Waals surface area contributed by atoms with Gasteiger partial charge in [0.05, 0.1) is 12.2 Å². The maximum Gasteiger partial charge on any atom is 0.546 e. The zero-order chi connectivity index (χ0) is 16.7. The summed E-state index contributed by atoms with van der Waals surface area (Å²) < 4.78 is 55.3. The van der Waals surface area contributed by atoms with Crippen LogP contribution in [0.1, 0.15) is 53.4 Å². The summed E-state index contributed by atoms with van der Waals surface area (Å²) in [5.74, 6) is 0. The highest BCUT2D eigenvalue weighted by Crippen LogP contribution is 2.14. The van der Waals surface area contributed by atoms with Crippen LogP contribution in [0.4, 0.5) is 0 Å². The molecule has 8 nitrogen and oxygen atoms in total. The van der Waals surface area contributed by atoms with Crippen molar-refractivity contribution in [2.45, 2.75) is 65.6 Å². The van der Waals surface area contributed by atoms with Crippen LogP contribution in [0.15, 0.2) is 0 Å². The molecule has 0 rings (SSSR count). The first-order chi connectivity index (χ1) is 9.60. The van der Waals surface area contributed by atoms with Gasteiger partial charge in [-0.3, -0.25) is 8.37 Å². The molecule has 0 heterocycles. The minimum Gasteiger partial charge on any atom is -0.359 e. The molecule has 0 N–H and O–H groups in total. The fourth-order valence-corrected chi connectivity index (χ4v) is 4.31. The molecule has 0 aliphatic carbocycles. The number of rotatable bonds is 8. The molecule has 124 valence electrons. The molecular formula is C11H22N2O6S2. The van der Waals surface area contributed by atoms with Gasteiger partial charge >= 0.3 is 24.6 Å². The molecule has 0 spiro atoms. The first-order valence-corrected chi connectivity index (χ1v) is 9.51. The van der Waals surface area contributed by atoms with Gasteiger partial charge < -0.3 is 5.53 Å². The van der Waals surface area contributed by atoms with Gasteiger partial charge in [-0.1, -0.05) is 26.7 Å². The highest BCUT2D eigenvalue weighted by Gasteiger charge is 2.45. The van der Waals surface area contributed by atoms with E-state index in [-0.39, 0.29) is 0 Å². The topological polar surface area (TPSA) is 123 Å². The molecule has 0 aromatic rings. The largest absolute Gasteiger partial charge is 0.546 e. The summed E-state index contributed by atoms with van der Waals surface area (Å²) in [6.45, 7) is 6.59. The normalized spacial score (nSPS) is 15.2. The van der Waals surface area contributed by atoms with E-state index >= 15 is 0 Å². The Hall–Kier alpha value is -0.800. The highest BCUT2D eigenvalue weighted by atomic mass is 32.3. The number of hydrogen-bond donors (Lipinski definition) is 0. The molecule has 21 heavy (non-hydrogen) atoms. The standard InChI is InChI=1S/C11H22N2O6S2/c1-5-7-9(3)18-20(14,15)11(13-12)21(16,17)19-10(4)8-6-2/h9-10H,5-8H2,1-4H3. The van der Waals surface area contributed by atoms with Crippen molar-refractivity contribution in [1.29, 1.82) is 0 Å². The quantitative estimate of drug-likeness (QED) is 0.217. The lowest BCUT2D eigenvalue weighted by atomic mass is 10.2. The van der Waals surface area contributed by atoms with Gasteiger partial charge in [-0.25, -0.2) is 0 Å². The summed E-state index contributed by atoms with van der Waals surface area (Å²) in [6.07, 6.45) is 0.647. The van der Waals surface area contributed by atoms with E-state index in [4.69, 9.17) is 5.53 Å². The van der Waals surface area contributed by atoms with E-state index < -0.39 is 36.8 Å². The molecule has 0 bridgehead atoms. The van der Waals surface area contributed by atoms with Gasteiger partial charge in [-0.15, -0.1) is 4.79 Å². The lowest BCUT2D eigenvalue weighted by Crippen LogP contribution is -2.33. The van der Waals surface area contributed by atoms with Crippen LogP contribution < -0.4 is 0 Å². The van der Waals surface area contributed by atoms with E-state index in [1.165, 1.54) is 13.8 Å². The van der Waals surface area contributed by atoms with Crippen LogP contribution in [-0.4, -0.2) is 38.2 Å². The van der Waals surface area contributed by atoms with Crippen molar-refractivity contribution in [3.05, 3.63) is 5.53 Å². The summed E-state index contributed by atoms with van der Waals surface area (Å²) in [4.78, 5) is 2.35. The molecular weight excluding hydrogens is 320 g/mol. The first-order valence-electron chi connectivity index (χ1n) is 6.69. The van der Waals surface area contributed by atoms with Gasteiger partial charge in [0.1, 0.15) is 0 Å². The molecule has 2 unspecified atom stereocenters. The molecule has 0 aromatic carbocycles. The van der Waals surface area contributed by atoms with E-state index in [0.29, 0.717) is 25.7 Å². The summed E-state index contributed by atoms with van der Waals surface area (Å²) in [5.41, 5.74) is 8.75. The molecule has 0 aliphatic heterocycles. The van der Waals surface area contributed by atoms with Crippen LogP contribution in [0.5, 0.6) is 0 Å². The van der Waals surface area contributed by atoms with E-state index in [9.17, 15) is 16.8 Å². The lowest BCUT2D eigenvalue weighted by molar-refractivity contribution is 0.00108. The third-order valence-corrected chi connectivity index (χ3v) is 5.89. The predicted molar refractivity (Wildman–Crippen MR) is 77.4 cm³/mol. The Morgan fingerprint density at radius 2 is 1.29 bits per heavy atom. The SMILES string of the molecule is CCCC(C)OS(=O)(=O)C(=[N+]=[N-])S(=O)(=O)OC(C)CCC. The van der Waals surface area contributed by atoms with Crippen molar-refractivity contribution >= 4 is 24.6 Å². The van der Waals surface area contributed by atoms with Crippen LogP contribution in [0.3, 0.4) is 0 Å². The van der Waals surface area contributed by atoms with Crippen molar-refractivity contribution in [2.75, 3.05) is 0 Å². The number of nitrogens with zero attached hydrogens (tertiary/aromatic N) is 2. The molecule has 10 heteroatoms. The molecule has 0 amide bonds. The van der Waals surface area contributed by atoms with Crippen LogP contribution in [0.25, 0.3) is 5.53 Å². The van der Waals surface area contributed by atoms with Crippen LogP contribution in [-0.2, 0) is 28.6 Å². The Morgan fingerprint density at radius 1 is 0.952 bits per heavy atom. The van der Waals surface area contributed by atoms with Crippen molar-refractivity contribution in [3.8, 4) is 0 Å². The third kappa shape index (κ3) is 6.66. The van der Waals surface area contributed by atoms with Crippen molar-refractivity contribution in [3.63, 3.8) is 0 Å². The lowest BCUT2D eigenvalue weighted by Gasteiger charge is -2.11. The fraction of sp³-hybridized carbons (Fsp3) is 0.909. The van der Waals surface area contributed by atoms with E-state index in [2.05, 4.69) is 13.2 Å². The predicted octanol–water partition coefficient (Wildman–Crippen LogP) is 1.64. The maximum absolute atomic E-state index is 11.9. The van der Waals surface area contributed by atoms with Gasteiger partial charge in [0.25, 0.3) is 0 Å². The van der Waals surface area contributed by atoms with Crippen LogP contribution >= 0.6 is 0 Å².